The van der Waals surface area contributed by atoms with Crippen molar-refractivity contribution in [1.29, 1.82) is 0 Å². The molecule has 0 aliphatic heterocycles. The zero-order valence-electron chi connectivity index (χ0n) is 9.25. The van der Waals surface area contributed by atoms with Gasteiger partial charge in [0.25, 0.3) is 0 Å². The largest absolute Gasteiger partial charge is 0.490 e. The van der Waals surface area contributed by atoms with Crippen molar-refractivity contribution in [3.8, 4) is 5.75 Å². The molecule has 1 aromatic carbocycles. The minimum Gasteiger partial charge on any atom is -0.490 e. The second kappa shape index (κ2) is 5.49. The lowest BCUT2D eigenvalue weighted by molar-refractivity contribution is 0.413. The fourth-order valence-corrected chi connectivity index (χ4v) is 1.92. The van der Waals surface area contributed by atoms with Crippen molar-refractivity contribution in [2.45, 2.75) is 0 Å². The lowest BCUT2D eigenvalue weighted by atomic mass is 10.3. The van der Waals surface area contributed by atoms with Crippen molar-refractivity contribution in [3.63, 3.8) is 0 Å². The summed E-state index contributed by atoms with van der Waals surface area (Å²) in [7, 11) is 1.47. The molecule has 0 spiro atoms. The van der Waals surface area contributed by atoms with Gasteiger partial charge < -0.3 is 10.1 Å². The molecule has 18 heavy (non-hydrogen) atoms. The van der Waals surface area contributed by atoms with Crippen LogP contribution in [-0.2, 0) is 0 Å². The predicted octanol–water partition coefficient (Wildman–Crippen LogP) is 3.78. The van der Waals surface area contributed by atoms with Crippen LogP contribution < -0.4 is 10.1 Å². The maximum atomic E-state index is 13.1. The highest BCUT2D eigenvalue weighted by Crippen LogP contribution is 2.31. The Labute approximate surface area is 116 Å². The molecule has 0 aliphatic carbocycles. The van der Waals surface area contributed by atoms with Crippen LogP contribution in [0.5, 0.6) is 5.75 Å². The number of benzene rings is 1. The fraction of sp³-hybridized carbons (Fsp3) is 0.0909. The highest BCUT2D eigenvalue weighted by Gasteiger charge is 2.11. The molecule has 0 amide bonds. The summed E-state index contributed by atoms with van der Waals surface area (Å²) in [6.45, 7) is 0. The number of nitrogens with zero attached hydrogens (tertiary/aromatic N) is 2. The number of methoxy groups -OCH3 is 1. The van der Waals surface area contributed by atoms with E-state index in [4.69, 9.17) is 16.3 Å². The van der Waals surface area contributed by atoms with Gasteiger partial charge in [-0.05, 0) is 34.1 Å². The Morgan fingerprint density at radius 1 is 1.39 bits per heavy atom. The molecule has 0 radical (unpaired) electrons. The Hall–Kier alpha value is -1.40. The summed E-state index contributed by atoms with van der Waals surface area (Å²) < 4.78 is 18.6. The Morgan fingerprint density at radius 2 is 2.17 bits per heavy atom. The third-order valence-corrected chi connectivity index (χ3v) is 3.02. The highest BCUT2D eigenvalue weighted by molar-refractivity contribution is 9.10. The van der Waals surface area contributed by atoms with Crippen molar-refractivity contribution in [1.82, 2.24) is 9.97 Å². The minimum absolute atomic E-state index is 0.205. The molecule has 0 unspecified atom stereocenters. The van der Waals surface area contributed by atoms with Gasteiger partial charge in [0.1, 0.15) is 12.1 Å². The molecule has 1 heterocycles. The Morgan fingerprint density at radius 3 is 2.83 bits per heavy atom. The Balaban J connectivity index is 2.34. The van der Waals surface area contributed by atoms with E-state index in [0.29, 0.717) is 21.7 Å². The van der Waals surface area contributed by atoms with E-state index in [1.54, 1.807) is 12.1 Å². The maximum absolute atomic E-state index is 13.1. The molecular formula is C11H8BrClFN3O. The Kier molecular flexibility index (Phi) is 3.98. The summed E-state index contributed by atoms with van der Waals surface area (Å²) in [6.07, 6.45) is 1.31. The molecule has 0 bridgehead atoms. The molecule has 1 N–H and O–H groups in total. The molecule has 7 heteroatoms. The number of halogens is 3. The van der Waals surface area contributed by atoms with Gasteiger partial charge in [0.2, 0.25) is 0 Å². The van der Waals surface area contributed by atoms with Gasteiger partial charge in [-0.2, -0.15) is 0 Å². The molecule has 2 rings (SSSR count). The molecule has 1 aromatic heterocycles. The third-order valence-electron chi connectivity index (χ3n) is 2.15. The second-order valence-corrected chi connectivity index (χ2v) is 4.51. The van der Waals surface area contributed by atoms with Gasteiger partial charge in [-0.15, -0.1) is 0 Å². The van der Waals surface area contributed by atoms with Crippen LogP contribution in [-0.4, -0.2) is 17.1 Å². The Bertz CT molecular complexity index is 582. The van der Waals surface area contributed by atoms with Crippen LogP contribution in [0.2, 0.25) is 5.15 Å². The number of hydrogen-bond acceptors (Lipinski definition) is 4. The summed E-state index contributed by atoms with van der Waals surface area (Å²) in [5, 5.41) is 3.18. The monoisotopic (exact) mass is 331 g/mol. The van der Waals surface area contributed by atoms with Crippen LogP contribution in [0.25, 0.3) is 0 Å². The smallest absolute Gasteiger partial charge is 0.199 e. The summed E-state index contributed by atoms with van der Waals surface area (Å²) in [4.78, 5) is 7.82. The van der Waals surface area contributed by atoms with Gasteiger partial charge in [-0.3, -0.25) is 0 Å². The maximum Gasteiger partial charge on any atom is 0.199 e. The van der Waals surface area contributed by atoms with Gasteiger partial charge in [0, 0.05) is 5.69 Å². The molecule has 0 saturated carbocycles. The minimum atomic E-state index is -0.340. The van der Waals surface area contributed by atoms with Gasteiger partial charge in [0.15, 0.2) is 16.7 Å². The molecule has 4 nitrogen and oxygen atoms in total. The quantitative estimate of drug-likeness (QED) is 0.869. The zero-order chi connectivity index (χ0) is 13.1. The number of nitrogens with one attached hydrogen (secondary N) is 1. The first-order valence-electron chi connectivity index (χ1n) is 4.88. The number of hydrogen-bond donors (Lipinski definition) is 1. The first kappa shape index (κ1) is 13.0. The van der Waals surface area contributed by atoms with E-state index in [-0.39, 0.29) is 11.0 Å². The number of rotatable bonds is 3. The first-order chi connectivity index (χ1) is 8.61. The van der Waals surface area contributed by atoms with E-state index in [1.165, 1.54) is 19.5 Å². The summed E-state index contributed by atoms with van der Waals surface area (Å²) in [5.41, 5.74) is 0.649. The third kappa shape index (κ3) is 2.70. The molecule has 94 valence electrons. The first-order valence-corrected chi connectivity index (χ1v) is 6.05. The molecule has 0 saturated heterocycles. The van der Waals surface area contributed by atoms with E-state index < -0.39 is 0 Å². The SMILES string of the molecule is COc1c(Cl)ncnc1Nc1ccc(F)c(Br)c1. The number of anilines is 2. The highest BCUT2D eigenvalue weighted by atomic mass is 79.9. The fourth-order valence-electron chi connectivity index (χ4n) is 1.33. The number of ether oxygens (including phenoxy) is 1. The average molecular weight is 333 g/mol. The van der Waals surface area contributed by atoms with E-state index >= 15 is 0 Å². The lowest BCUT2D eigenvalue weighted by Crippen LogP contribution is -1.99. The zero-order valence-corrected chi connectivity index (χ0v) is 11.6. The summed E-state index contributed by atoms with van der Waals surface area (Å²) in [5.74, 6) is 0.406. The second-order valence-electron chi connectivity index (χ2n) is 3.30. The van der Waals surface area contributed by atoms with Crippen LogP contribution in [0.4, 0.5) is 15.9 Å². The van der Waals surface area contributed by atoms with Crippen molar-refractivity contribution >= 4 is 39.0 Å². The van der Waals surface area contributed by atoms with Crippen molar-refractivity contribution < 1.29 is 9.13 Å². The predicted molar refractivity (Wildman–Crippen MR) is 71.0 cm³/mol. The topological polar surface area (TPSA) is 47.0 Å². The van der Waals surface area contributed by atoms with E-state index in [1.807, 2.05) is 0 Å². The summed E-state index contributed by atoms with van der Waals surface area (Å²) >= 11 is 8.97. The van der Waals surface area contributed by atoms with E-state index in [9.17, 15) is 4.39 Å². The van der Waals surface area contributed by atoms with Crippen molar-refractivity contribution in [3.05, 3.63) is 40.0 Å². The van der Waals surface area contributed by atoms with Crippen LogP contribution in [0.3, 0.4) is 0 Å². The average Bonchev–Trinajstić information content (AvgIpc) is 2.34. The van der Waals surface area contributed by atoms with Crippen LogP contribution in [0.15, 0.2) is 29.0 Å². The van der Waals surface area contributed by atoms with Crippen LogP contribution in [0, 0.1) is 5.82 Å². The summed E-state index contributed by atoms with van der Waals surface area (Å²) in [6, 6.07) is 4.50. The van der Waals surface area contributed by atoms with Gasteiger partial charge >= 0.3 is 0 Å². The normalized spacial score (nSPS) is 10.2. The molecule has 2 aromatic rings. The molecule has 0 fully saturated rings. The van der Waals surface area contributed by atoms with Crippen LogP contribution in [0.1, 0.15) is 0 Å². The van der Waals surface area contributed by atoms with Gasteiger partial charge in [-0.25, -0.2) is 14.4 Å². The molecular weight excluding hydrogens is 324 g/mol. The van der Waals surface area contributed by atoms with Gasteiger partial charge in [0.05, 0.1) is 11.6 Å². The number of aromatic nitrogens is 2. The standard InChI is InChI=1S/C11H8BrClFN3O/c1-18-9-10(13)15-5-16-11(9)17-6-2-3-8(14)7(12)4-6/h2-5H,1H3,(H,15,16,17). The molecule has 0 atom stereocenters. The molecule has 0 aliphatic rings. The van der Waals surface area contributed by atoms with Crippen molar-refractivity contribution in [2.75, 3.05) is 12.4 Å². The van der Waals surface area contributed by atoms with E-state index in [0.717, 1.165) is 0 Å². The van der Waals surface area contributed by atoms with Crippen molar-refractivity contribution in [2.24, 2.45) is 0 Å². The van der Waals surface area contributed by atoms with E-state index in [2.05, 4.69) is 31.2 Å². The van der Waals surface area contributed by atoms with Gasteiger partial charge in [-0.1, -0.05) is 11.6 Å². The lowest BCUT2D eigenvalue weighted by Gasteiger charge is -2.10. The van der Waals surface area contributed by atoms with Crippen LogP contribution >= 0.6 is 27.5 Å².